The number of aryl methyl sites for hydroxylation is 2. The summed E-state index contributed by atoms with van der Waals surface area (Å²) in [6.07, 6.45) is 3.95. The fourth-order valence-corrected chi connectivity index (χ4v) is 4.12. The third-order valence-corrected chi connectivity index (χ3v) is 5.79. The first-order valence-electron chi connectivity index (χ1n) is 10.1. The van der Waals surface area contributed by atoms with Gasteiger partial charge in [0, 0.05) is 32.6 Å². The number of ether oxygens (including phenoxy) is 1. The molecular formula is C22H28N4O2. The molecule has 4 rings (SSSR count). The predicted molar refractivity (Wildman–Crippen MR) is 110 cm³/mol. The molecule has 3 heterocycles. The largest absolute Gasteiger partial charge is 0.496 e. The average Bonchev–Trinajstić information content (AvgIpc) is 2.71. The molecule has 0 aliphatic carbocycles. The van der Waals surface area contributed by atoms with Crippen LogP contribution in [0.25, 0.3) is 0 Å². The maximum Gasteiger partial charge on any atom is 0.255 e. The Balaban J connectivity index is 1.55. The van der Waals surface area contributed by atoms with Crippen LogP contribution in [-0.2, 0) is 19.5 Å². The highest BCUT2D eigenvalue weighted by Gasteiger charge is 2.23. The van der Waals surface area contributed by atoms with Crippen LogP contribution in [0.2, 0.25) is 0 Å². The van der Waals surface area contributed by atoms with Crippen LogP contribution in [0.1, 0.15) is 53.0 Å². The monoisotopic (exact) mass is 380 g/mol. The van der Waals surface area contributed by atoms with Gasteiger partial charge in [-0.25, -0.2) is 4.98 Å². The zero-order valence-corrected chi connectivity index (χ0v) is 17.0. The van der Waals surface area contributed by atoms with E-state index in [9.17, 15) is 4.79 Å². The highest BCUT2D eigenvalue weighted by Crippen LogP contribution is 2.25. The normalized spacial score (nSPS) is 17.2. The van der Waals surface area contributed by atoms with E-state index in [1.165, 1.54) is 11.1 Å². The summed E-state index contributed by atoms with van der Waals surface area (Å²) in [6.45, 7) is 7.38. The molecular weight excluding hydrogens is 352 g/mol. The molecule has 148 valence electrons. The number of aromatic nitrogens is 2. The van der Waals surface area contributed by atoms with E-state index >= 15 is 0 Å². The van der Waals surface area contributed by atoms with Gasteiger partial charge in [-0.15, -0.1) is 0 Å². The summed E-state index contributed by atoms with van der Waals surface area (Å²) in [5, 5.41) is 0. The van der Waals surface area contributed by atoms with Crippen LogP contribution in [0.3, 0.4) is 0 Å². The minimum atomic E-state index is -0.0133. The lowest BCUT2D eigenvalue weighted by molar-refractivity contribution is 0.241. The zero-order chi connectivity index (χ0) is 19.7. The van der Waals surface area contributed by atoms with E-state index in [1.54, 1.807) is 7.11 Å². The highest BCUT2D eigenvalue weighted by molar-refractivity contribution is 5.97. The molecule has 2 aromatic rings. The van der Waals surface area contributed by atoms with Crippen LogP contribution < -0.4 is 10.3 Å². The Morgan fingerprint density at radius 2 is 2.04 bits per heavy atom. The van der Waals surface area contributed by atoms with Crippen LogP contribution in [0, 0.1) is 13.8 Å². The summed E-state index contributed by atoms with van der Waals surface area (Å²) in [5.41, 5.74) is 6.31. The van der Waals surface area contributed by atoms with Crippen molar-refractivity contribution in [1.29, 1.82) is 0 Å². The molecule has 6 heteroatoms. The van der Waals surface area contributed by atoms with Gasteiger partial charge in [-0.1, -0.05) is 6.07 Å². The second kappa shape index (κ2) is 7.87. The SMILES string of the molecule is COc1cc(C)c(CN2CCc3nc(C4=NCCCC4)[nH]c(=O)c3C2)cc1C. The van der Waals surface area contributed by atoms with Crippen molar-refractivity contribution in [2.45, 2.75) is 52.6 Å². The molecule has 2 aliphatic rings. The minimum Gasteiger partial charge on any atom is -0.496 e. The summed E-state index contributed by atoms with van der Waals surface area (Å²) >= 11 is 0. The van der Waals surface area contributed by atoms with Crippen molar-refractivity contribution in [2.75, 3.05) is 20.2 Å². The Morgan fingerprint density at radius 3 is 2.79 bits per heavy atom. The Morgan fingerprint density at radius 1 is 1.18 bits per heavy atom. The van der Waals surface area contributed by atoms with E-state index < -0.39 is 0 Å². The topological polar surface area (TPSA) is 70.6 Å². The zero-order valence-electron chi connectivity index (χ0n) is 17.0. The first kappa shape index (κ1) is 18.9. The third kappa shape index (κ3) is 3.74. The lowest BCUT2D eigenvalue weighted by Gasteiger charge is -2.28. The van der Waals surface area contributed by atoms with Gasteiger partial charge in [0.1, 0.15) is 5.75 Å². The molecule has 2 aliphatic heterocycles. The molecule has 0 spiro atoms. The molecule has 0 fully saturated rings. The van der Waals surface area contributed by atoms with Crippen molar-refractivity contribution in [3.63, 3.8) is 0 Å². The number of hydrogen-bond acceptors (Lipinski definition) is 5. The van der Waals surface area contributed by atoms with Crippen molar-refractivity contribution >= 4 is 5.71 Å². The molecule has 0 amide bonds. The summed E-state index contributed by atoms with van der Waals surface area (Å²) in [5.74, 6) is 1.60. The third-order valence-electron chi connectivity index (χ3n) is 5.79. The molecule has 0 saturated heterocycles. The number of H-pyrrole nitrogens is 1. The number of fused-ring (bicyclic) bond motifs is 1. The van der Waals surface area contributed by atoms with Crippen molar-refractivity contribution < 1.29 is 4.74 Å². The summed E-state index contributed by atoms with van der Waals surface area (Å²) in [7, 11) is 1.70. The molecule has 0 unspecified atom stereocenters. The molecule has 0 atom stereocenters. The maximum atomic E-state index is 12.7. The fraction of sp³-hybridized carbons (Fsp3) is 0.500. The smallest absolute Gasteiger partial charge is 0.255 e. The van der Waals surface area contributed by atoms with Gasteiger partial charge < -0.3 is 9.72 Å². The number of hydrogen-bond donors (Lipinski definition) is 1. The van der Waals surface area contributed by atoms with Crippen LogP contribution in [0.5, 0.6) is 5.75 Å². The number of aromatic amines is 1. The Hall–Kier alpha value is -2.47. The second-order valence-electron chi connectivity index (χ2n) is 7.83. The van der Waals surface area contributed by atoms with Gasteiger partial charge in [0.25, 0.3) is 5.56 Å². The summed E-state index contributed by atoms with van der Waals surface area (Å²) < 4.78 is 5.42. The number of aliphatic imine (C=N–C) groups is 1. The van der Waals surface area contributed by atoms with E-state index in [1.807, 2.05) is 0 Å². The van der Waals surface area contributed by atoms with Gasteiger partial charge in [-0.05, 0) is 55.9 Å². The van der Waals surface area contributed by atoms with E-state index in [-0.39, 0.29) is 5.56 Å². The number of rotatable bonds is 4. The van der Waals surface area contributed by atoms with E-state index in [4.69, 9.17) is 9.72 Å². The molecule has 1 N–H and O–H groups in total. The second-order valence-corrected chi connectivity index (χ2v) is 7.83. The quantitative estimate of drug-likeness (QED) is 0.885. The number of methoxy groups -OCH3 is 1. The first-order chi connectivity index (χ1) is 13.5. The lowest BCUT2D eigenvalue weighted by atomic mass is 10.0. The molecule has 0 radical (unpaired) electrons. The Kier molecular flexibility index (Phi) is 5.31. The standard InChI is InChI=1S/C22H28N4O2/c1-14-11-20(28-3)15(2)10-16(14)12-26-9-7-18-17(13-26)22(27)25-21(24-18)19-6-4-5-8-23-19/h10-11H,4-9,12-13H2,1-3H3,(H,24,25,27). The lowest BCUT2D eigenvalue weighted by Crippen LogP contribution is -2.36. The van der Waals surface area contributed by atoms with Crippen molar-refractivity contribution in [3.05, 3.63) is 56.3 Å². The van der Waals surface area contributed by atoms with Crippen LogP contribution >= 0.6 is 0 Å². The first-order valence-corrected chi connectivity index (χ1v) is 10.1. The van der Waals surface area contributed by atoms with Gasteiger partial charge in [-0.2, -0.15) is 0 Å². The Labute approximate surface area is 165 Å². The van der Waals surface area contributed by atoms with Gasteiger partial charge in [0.05, 0.1) is 24.1 Å². The van der Waals surface area contributed by atoms with Crippen molar-refractivity contribution in [3.8, 4) is 5.75 Å². The van der Waals surface area contributed by atoms with E-state index in [0.717, 1.165) is 73.6 Å². The highest BCUT2D eigenvalue weighted by atomic mass is 16.5. The molecule has 1 aromatic heterocycles. The molecule has 0 saturated carbocycles. The molecule has 1 aromatic carbocycles. The van der Waals surface area contributed by atoms with Gasteiger partial charge in [0.15, 0.2) is 5.82 Å². The molecule has 0 bridgehead atoms. The number of nitrogens with zero attached hydrogens (tertiary/aromatic N) is 3. The molecule has 28 heavy (non-hydrogen) atoms. The van der Waals surface area contributed by atoms with Crippen LogP contribution in [0.4, 0.5) is 0 Å². The van der Waals surface area contributed by atoms with Gasteiger partial charge in [0.2, 0.25) is 0 Å². The molecule has 6 nitrogen and oxygen atoms in total. The minimum absolute atomic E-state index is 0.0133. The van der Waals surface area contributed by atoms with Crippen LogP contribution in [-0.4, -0.2) is 40.8 Å². The van der Waals surface area contributed by atoms with E-state index in [0.29, 0.717) is 12.4 Å². The summed E-state index contributed by atoms with van der Waals surface area (Å²) in [6, 6.07) is 4.28. The Bertz CT molecular complexity index is 977. The number of nitrogens with one attached hydrogen (secondary N) is 1. The van der Waals surface area contributed by atoms with E-state index in [2.05, 4.69) is 40.9 Å². The van der Waals surface area contributed by atoms with Gasteiger partial charge in [-0.3, -0.25) is 14.7 Å². The average molecular weight is 380 g/mol. The predicted octanol–water partition coefficient (Wildman–Crippen LogP) is 2.93. The van der Waals surface area contributed by atoms with Gasteiger partial charge >= 0.3 is 0 Å². The van der Waals surface area contributed by atoms with Crippen molar-refractivity contribution in [2.24, 2.45) is 4.99 Å². The van der Waals surface area contributed by atoms with Crippen LogP contribution in [0.15, 0.2) is 21.9 Å². The number of benzene rings is 1. The van der Waals surface area contributed by atoms with Crippen molar-refractivity contribution in [1.82, 2.24) is 14.9 Å². The maximum absolute atomic E-state index is 12.7. The fourth-order valence-electron chi connectivity index (χ4n) is 4.12. The summed E-state index contributed by atoms with van der Waals surface area (Å²) in [4.78, 5) is 27.4.